The maximum atomic E-state index is 12.3. The van der Waals surface area contributed by atoms with Crippen molar-refractivity contribution in [2.75, 3.05) is 10.6 Å². The number of carbonyl (C=O) groups excluding carboxylic acids is 1. The van der Waals surface area contributed by atoms with Gasteiger partial charge in [0, 0.05) is 16.2 Å². The van der Waals surface area contributed by atoms with Crippen molar-refractivity contribution in [2.24, 2.45) is 0 Å². The topological polar surface area (TPSA) is 61.4 Å². The van der Waals surface area contributed by atoms with Crippen LogP contribution in [-0.4, -0.2) is 21.3 Å². The fourth-order valence-corrected chi connectivity index (χ4v) is 4.89. The van der Waals surface area contributed by atoms with Gasteiger partial charge in [-0.05, 0) is 36.0 Å². The minimum absolute atomic E-state index is 0.0612. The van der Waals surface area contributed by atoms with E-state index in [1.807, 2.05) is 48.5 Å². The van der Waals surface area contributed by atoms with E-state index in [1.54, 1.807) is 0 Å². The molecule has 0 spiro atoms. The Morgan fingerprint density at radius 1 is 1.00 bits per heavy atom. The zero-order valence-electron chi connectivity index (χ0n) is 11.6. The van der Waals surface area contributed by atoms with Gasteiger partial charge in [0.1, 0.15) is 0 Å². The third-order valence-electron chi connectivity index (χ3n) is 3.74. The summed E-state index contributed by atoms with van der Waals surface area (Å²) in [4.78, 5) is 14.2. The second-order valence-corrected chi connectivity index (χ2v) is 7.64. The van der Waals surface area contributed by atoms with Crippen LogP contribution in [0.4, 0.5) is 11.4 Å². The van der Waals surface area contributed by atoms with Crippen molar-refractivity contribution >= 4 is 40.0 Å². The number of anilines is 2. The first-order valence-electron chi connectivity index (χ1n) is 6.98. The molecular formula is C16H14N2O2S2. The predicted molar refractivity (Wildman–Crippen MR) is 90.2 cm³/mol. The van der Waals surface area contributed by atoms with Crippen LogP contribution in [0.1, 0.15) is 6.42 Å². The summed E-state index contributed by atoms with van der Waals surface area (Å²) in [5.74, 6) is -1.36. The average Bonchev–Trinajstić information content (AvgIpc) is 2.49. The molecule has 112 valence electrons. The van der Waals surface area contributed by atoms with Gasteiger partial charge in [0.15, 0.2) is 5.12 Å². The van der Waals surface area contributed by atoms with Crippen LogP contribution in [0.2, 0.25) is 0 Å². The van der Waals surface area contributed by atoms with Crippen LogP contribution < -0.4 is 10.6 Å². The number of hydrogen-bond acceptors (Lipinski definition) is 6. The molecule has 0 aromatic heterocycles. The van der Waals surface area contributed by atoms with Crippen molar-refractivity contribution in [3.8, 4) is 0 Å². The lowest BCUT2D eigenvalue weighted by Gasteiger charge is -2.43. The van der Waals surface area contributed by atoms with Crippen LogP contribution >= 0.6 is 23.5 Å². The summed E-state index contributed by atoms with van der Waals surface area (Å²) in [5.41, 5.74) is 1.64. The van der Waals surface area contributed by atoms with Crippen molar-refractivity contribution in [1.82, 2.24) is 0 Å². The Bertz CT molecular complexity index is 752. The van der Waals surface area contributed by atoms with Gasteiger partial charge in [-0.2, -0.15) is 0 Å². The maximum Gasteiger partial charge on any atom is 0.227 e. The predicted octanol–water partition coefficient (Wildman–Crippen LogP) is 3.35. The molecule has 0 fully saturated rings. The molecule has 4 rings (SSSR count). The monoisotopic (exact) mass is 330 g/mol. The van der Waals surface area contributed by atoms with Gasteiger partial charge in [-0.15, -0.1) is 11.8 Å². The van der Waals surface area contributed by atoms with E-state index >= 15 is 0 Å². The smallest absolute Gasteiger partial charge is 0.227 e. The third kappa shape index (κ3) is 2.37. The molecule has 4 nitrogen and oxygen atoms in total. The highest BCUT2D eigenvalue weighted by atomic mass is 32.2. The fourth-order valence-electron chi connectivity index (χ4n) is 2.68. The van der Waals surface area contributed by atoms with Crippen LogP contribution in [0.25, 0.3) is 0 Å². The van der Waals surface area contributed by atoms with Crippen molar-refractivity contribution in [1.29, 1.82) is 0 Å². The van der Waals surface area contributed by atoms with Gasteiger partial charge in [-0.25, -0.2) is 0 Å². The van der Waals surface area contributed by atoms with E-state index in [-0.39, 0.29) is 16.8 Å². The summed E-state index contributed by atoms with van der Waals surface area (Å²) in [7, 11) is 0. The number of hydrogen-bond donors (Lipinski definition) is 3. The van der Waals surface area contributed by atoms with E-state index in [9.17, 15) is 9.90 Å². The number of thioether (sulfide) groups is 2. The number of para-hydroxylation sites is 2. The molecule has 3 N–H and O–H groups in total. The summed E-state index contributed by atoms with van der Waals surface area (Å²) in [6, 6.07) is 15.4. The molecule has 0 radical (unpaired) electrons. The first kappa shape index (κ1) is 14.0. The lowest BCUT2D eigenvalue weighted by molar-refractivity contribution is -0.111. The van der Waals surface area contributed by atoms with Crippen LogP contribution in [-0.2, 0) is 4.79 Å². The van der Waals surface area contributed by atoms with Crippen LogP contribution in [0, 0.1) is 0 Å². The molecule has 0 bridgehead atoms. The second kappa shape index (κ2) is 5.22. The van der Waals surface area contributed by atoms with Crippen LogP contribution in [0.15, 0.2) is 58.3 Å². The Morgan fingerprint density at radius 3 is 2.32 bits per heavy atom. The Hall–Kier alpha value is -1.63. The van der Waals surface area contributed by atoms with E-state index < -0.39 is 5.85 Å². The zero-order chi connectivity index (χ0) is 15.2. The number of benzene rings is 2. The van der Waals surface area contributed by atoms with E-state index in [0.29, 0.717) is 0 Å². The maximum absolute atomic E-state index is 12.3. The first-order valence-corrected chi connectivity index (χ1v) is 8.68. The van der Waals surface area contributed by atoms with Gasteiger partial charge < -0.3 is 15.7 Å². The first-order chi connectivity index (χ1) is 10.6. The van der Waals surface area contributed by atoms with Crippen molar-refractivity contribution in [2.45, 2.75) is 27.3 Å². The standard InChI is InChI=1S/C16H14N2O2S2/c19-15-9-14-16(20,17-10-5-1-3-7-12(10)21-14)18-11-6-2-4-8-13(11)22-15/h1-8,14,17-18,20H,9H2. The second-order valence-electron chi connectivity index (χ2n) is 5.29. The molecule has 2 aliphatic rings. The van der Waals surface area contributed by atoms with E-state index in [4.69, 9.17) is 0 Å². The molecule has 0 saturated heterocycles. The molecular weight excluding hydrogens is 316 g/mol. The van der Waals surface area contributed by atoms with Crippen LogP contribution in [0.5, 0.6) is 0 Å². The number of fused-ring (bicyclic) bond motifs is 3. The van der Waals surface area contributed by atoms with Gasteiger partial charge in [-0.3, -0.25) is 4.79 Å². The summed E-state index contributed by atoms with van der Waals surface area (Å²) in [6.07, 6.45) is 0.286. The van der Waals surface area contributed by atoms with E-state index in [0.717, 1.165) is 21.2 Å². The molecule has 2 atom stereocenters. The summed E-state index contributed by atoms with van der Waals surface area (Å²) in [6.45, 7) is 0. The SMILES string of the molecule is O=C1CC2Sc3ccccc3NC2(O)Nc2ccccc2S1. The highest BCUT2D eigenvalue weighted by Crippen LogP contribution is 2.46. The zero-order valence-corrected chi connectivity index (χ0v) is 13.2. The molecule has 2 unspecified atom stereocenters. The normalized spacial score (nSPS) is 26.4. The van der Waals surface area contributed by atoms with Gasteiger partial charge >= 0.3 is 0 Å². The lowest BCUT2D eigenvalue weighted by Crippen LogP contribution is -2.57. The van der Waals surface area contributed by atoms with Gasteiger partial charge in [-0.1, -0.05) is 24.3 Å². The Kier molecular flexibility index (Phi) is 3.32. The highest BCUT2D eigenvalue weighted by Gasteiger charge is 2.44. The Morgan fingerprint density at radius 2 is 1.59 bits per heavy atom. The van der Waals surface area contributed by atoms with Crippen molar-refractivity contribution in [3.63, 3.8) is 0 Å². The molecule has 2 aromatic carbocycles. The summed E-state index contributed by atoms with van der Waals surface area (Å²) >= 11 is 2.76. The van der Waals surface area contributed by atoms with Crippen molar-refractivity contribution in [3.05, 3.63) is 48.5 Å². The minimum Gasteiger partial charge on any atom is -0.353 e. The quantitative estimate of drug-likeness (QED) is 0.688. The van der Waals surface area contributed by atoms with Gasteiger partial charge in [0.2, 0.25) is 5.85 Å². The summed E-state index contributed by atoms with van der Waals surface area (Å²) < 4.78 is 0. The molecule has 0 amide bonds. The molecule has 2 heterocycles. The Labute approximate surface area is 136 Å². The van der Waals surface area contributed by atoms with Gasteiger partial charge in [0.05, 0.1) is 16.6 Å². The molecule has 0 saturated carbocycles. The largest absolute Gasteiger partial charge is 0.353 e. The van der Waals surface area contributed by atoms with Crippen LogP contribution in [0.3, 0.4) is 0 Å². The highest BCUT2D eigenvalue weighted by molar-refractivity contribution is 8.13. The molecule has 6 heteroatoms. The minimum atomic E-state index is -1.36. The third-order valence-corrected chi connectivity index (χ3v) is 6.11. The molecule has 0 aliphatic carbocycles. The molecule has 2 aromatic rings. The van der Waals surface area contributed by atoms with E-state index in [2.05, 4.69) is 10.6 Å². The lowest BCUT2D eigenvalue weighted by atomic mass is 10.1. The van der Waals surface area contributed by atoms with Gasteiger partial charge in [0.25, 0.3) is 0 Å². The fraction of sp³-hybridized carbons (Fsp3) is 0.188. The number of rotatable bonds is 0. The molecule has 2 aliphatic heterocycles. The number of aliphatic hydroxyl groups is 1. The Balaban J connectivity index is 1.79. The average molecular weight is 330 g/mol. The molecule has 22 heavy (non-hydrogen) atoms. The number of carbonyl (C=O) groups is 1. The number of nitrogens with one attached hydrogen (secondary N) is 2. The van der Waals surface area contributed by atoms with E-state index in [1.165, 1.54) is 23.5 Å². The summed E-state index contributed by atoms with van der Waals surface area (Å²) in [5, 5.41) is 17.2. The van der Waals surface area contributed by atoms with Crippen molar-refractivity contribution < 1.29 is 9.90 Å².